The van der Waals surface area contributed by atoms with Crippen LogP contribution >= 0.6 is 0 Å². The summed E-state index contributed by atoms with van der Waals surface area (Å²) in [6.07, 6.45) is 1.60. The van der Waals surface area contributed by atoms with Gasteiger partial charge in [-0.3, -0.25) is 4.79 Å². The number of ether oxygens (including phenoxy) is 1. The van der Waals surface area contributed by atoms with Crippen molar-refractivity contribution in [1.82, 2.24) is 14.9 Å². The average Bonchev–Trinajstić information content (AvgIpc) is 3.29. The summed E-state index contributed by atoms with van der Waals surface area (Å²) in [6, 6.07) is 9.62. The molecule has 0 aliphatic carbocycles. The molecule has 1 aromatic carbocycles. The lowest BCUT2D eigenvalue weighted by atomic mass is 9.97. The number of nitrogens with zero attached hydrogens (tertiary/aromatic N) is 2. The number of aryl methyl sites for hydroxylation is 1. The topological polar surface area (TPSA) is 88.4 Å². The van der Waals surface area contributed by atoms with Crippen molar-refractivity contribution in [3.63, 3.8) is 0 Å². The van der Waals surface area contributed by atoms with Gasteiger partial charge >= 0.3 is 5.63 Å². The summed E-state index contributed by atoms with van der Waals surface area (Å²) in [6.45, 7) is 3.51. The van der Waals surface area contributed by atoms with Crippen LogP contribution in [-0.4, -0.2) is 40.5 Å². The van der Waals surface area contributed by atoms with Gasteiger partial charge in [0.15, 0.2) is 0 Å². The number of imidazole rings is 1. The molecule has 7 nitrogen and oxygen atoms in total. The number of hydrogen-bond donors (Lipinski definition) is 1. The van der Waals surface area contributed by atoms with Crippen molar-refractivity contribution in [2.75, 3.05) is 19.7 Å². The molecule has 1 amide bonds. The van der Waals surface area contributed by atoms with Crippen LogP contribution in [0.4, 0.5) is 0 Å². The largest absolute Gasteiger partial charge is 0.424 e. The summed E-state index contributed by atoms with van der Waals surface area (Å²) >= 11 is 0. The maximum atomic E-state index is 12.9. The van der Waals surface area contributed by atoms with Gasteiger partial charge in [0.25, 0.3) is 5.91 Å². The number of aromatic amines is 1. The first-order valence-electron chi connectivity index (χ1n) is 9.60. The van der Waals surface area contributed by atoms with Crippen LogP contribution in [0.15, 0.2) is 39.5 Å². The van der Waals surface area contributed by atoms with E-state index in [2.05, 4.69) is 9.97 Å². The lowest BCUT2D eigenvalue weighted by Gasteiger charge is -2.38. The lowest BCUT2D eigenvalue weighted by Crippen LogP contribution is -2.50. The molecule has 28 heavy (non-hydrogen) atoms. The number of carbonyl (C=O) groups is 1. The van der Waals surface area contributed by atoms with E-state index in [0.29, 0.717) is 31.0 Å². The van der Waals surface area contributed by atoms with E-state index in [4.69, 9.17) is 9.15 Å². The summed E-state index contributed by atoms with van der Waals surface area (Å²) in [7, 11) is 0. The highest BCUT2D eigenvalue weighted by molar-refractivity contribution is 5.95. The molecule has 4 heterocycles. The predicted octanol–water partition coefficient (Wildman–Crippen LogP) is 2.92. The zero-order valence-corrected chi connectivity index (χ0v) is 15.6. The molecular formula is C21H21N3O4. The van der Waals surface area contributed by atoms with Gasteiger partial charge in [-0.1, -0.05) is 12.1 Å². The van der Waals surface area contributed by atoms with E-state index in [1.54, 1.807) is 17.9 Å². The van der Waals surface area contributed by atoms with Gasteiger partial charge in [-0.25, -0.2) is 9.78 Å². The Morgan fingerprint density at radius 1 is 1.29 bits per heavy atom. The molecule has 7 heteroatoms. The summed E-state index contributed by atoms with van der Waals surface area (Å²) in [5.74, 6) is 1.26. The molecule has 1 unspecified atom stereocenters. The fourth-order valence-corrected chi connectivity index (χ4v) is 3.99. The van der Waals surface area contributed by atoms with Gasteiger partial charge in [-0.05, 0) is 43.5 Å². The molecule has 1 N–H and O–H groups in total. The van der Waals surface area contributed by atoms with Gasteiger partial charge < -0.3 is 19.0 Å². The molecule has 0 spiro atoms. The quantitative estimate of drug-likeness (QED) is 0.756. The number of likely N-dealkylation sites (tertiary alicyclic amines) is 1. The van der Waals surface area contributed by atoms with Gasteiger partial charge in [-0.15, -0.1) is 0 Å². The normalized spacial score (nSPS) is 19.9. The van der Waals surface area contributed by atoms with Crippen LogP contribution in [0.25, 0.3) is 11.0 Å². The van der Waals surface area contributed by atoms with Crippen molar-refractivity contribution >= 4 is 16.9 Å². The lowest BCUT2D eigenvalue weighted by molar-refractivity contribution is 0.0585. The van der Waals surface area contributed by atoms with Crippen LogP contribution in [0.3, 0.4) is 0 Å². The first kappa shape index (κ1) is 17.2. The third kappa shape index (κ3) is 2.82. The van der Waals surface area contributed by atoms with Gasteiger partial charge in [0, 0.05) is 19.7 Å². The van der Waals surface area contributed by atoms with E-state index in [-0.39, 0.29) is 23.5 Å². The number of nitrogens with one attached hydrogen (secondary N) is 1. The van der Waals surface area contributed by atoms with Crippen molar-refractivity contribution in [3.05, 3.63) is 63.5 Å². The maximum absolute atomic E-state index is 12.9. The van der Waals surface area contributed by atoms with E-state index >= 15 is 0 Å². The number of benzene rings is 1. The molecule has 5 rings (SSSR count). The number of rotatable bonds is 3. The van der Waals surface area contributed by atoms with Crippen molar-refractivity contribution in [1.29, 1.82) is 0 Å². The van der Waals surface area contributed by atoms with E-state index in [9.17, 15) is 9.59 Å². The monoisotopic (exact) mass is 379 g/mol. The summed E-state index contributed by atoms with van der Waals surface area (Å²) in [5.41, 5.74) is 2.08. The van der Waals surface area contributed by atoms with Crippen LogP contribution in [0, 0.1) is 6.92 Å². The summed E-state index contributed by atoms with van der Waals surface area (Å²) < 4.78 is 11.0. The molecule has 2 aromatic heterocycles. The summed E-state index contributed by atoms with van der Waals surface area (Å²) in [4.78, 5) is 34.9. The van der Waals surface area contributed by atoms with E-state index in [1.165, 1.54) is 0 Å². The van der Waals surface area contributed by atoms with Crippen molar-refractivity contribution in [2.45, 2.75) is 31.8 Å². The Balaban J connectivity index is 1.33. The minimum atomic E-state index is -0.581. The van der Waals surface area contributed by atoms with Crippen molar-refractivity contribution < 1.29 is 13.9 Å². The molecule has 0 saturated carbocycles. The molecule has 2 aliphatic rings. The van der Waals surface area contributed by atoms with Gasteiger partial charge in [0.05, 0.1) is 17.0 Å². The highest BCUT2D eigenvalue weighted by atomic mass is 16.5. The van der Waals surface area contributed by atoms with Crippen LogP contribution in [0.1, 0.15) is 52.4 Å². The Labute approximate surface area is 161 Å². The molecule has 2 fully saturated rings. The van der Waals surface area contributed by atoms with Crippen molar-refractivity contribution in [3.8, 4) is 0 Å². The number of aromatic nitrogens is 2. The standard InChI is InChI=1S/C21H21N3O4/c1-12-9-17(16-7-4-8-27-16)28-21(26)18(12)20(25)24-10-13(11-24)19-22-14-5-2-3-6-15(14)23-19/h2-3,5-6,9,13,16H,4,7-8,10-11H2,1H3,(H,22,23). The highest BCUT2D eigenvalue weighted by Crippen LogP contribution is 2.30. The third-order valence-corrected chi connectivity index (χ3v) is 5.59. The minimum Gasteiger partial charge on any atom is -0.424 e. The van der Waals surface area contributed by atoms with Gasteiger partial charge in [0.2, 0.25) is 0 Å². The second-order valence-corrected chi connectivity index (χ2v) is 7.54. The Hall–Kier alpha value is -2.93. The minimum absolute atomic E-state index is 0.116. The first-order chi connectivity index (χ1) is 13.6. The number of fused-ring (bicyclic) bond motifs is 1. The first-order valence-corrected chi connectivity index (χ1v) is 9.60. The Morgan fingerprint density at radius 2 is 2.11 bits per heavy atom. The third-order valence-electron chi connectivity index (χ3n) is 5.59. The van der Waals surface area contributed by atoms with Gasteiger partial charge in [-0.2, -0.15) is 0 Å². The molecule has 1 atom stereocenters. The molecule has 0 radical (unpaired) electrons. The molecular weight excluding hydrogens is 358 g/mol. The van der Waals surface area contributed by atoms with Crippen LogP contribution in [-0.2, 0) is 4.74 Å². The molecule has 0 bridgehead atoms. The molecule has 2 aliphatic heterocycles. The van der Waals surface area contributed by atoms with E-state index in [0.717, 1.165) is 29.7 Å². The number of para-hydroxylation sites is 2. The molecule has 3 aromatic rings. The molecule has 144 valence electrons. The molecule has 2 saturated heterocycles. The Bertz CT molecular complexity index is 1070. The second kappa shape index (κ2) is 6.60. The second-order valence-electron chi connectivity index (χ2n) is 7.54. The van der Waals surface area contributed by atoms with E-state index in [1.807, 2.05) is 24.3 Å². The number of hydrogen-bond acceptors (Lipinski definition) is 5. The predicted molar refractivity (Wildman–Crippen MR) is 102 cm³/mol. The SMILES string of the molecule is Cc1cc(C2CCCO2)oc(=O)c1C(=O)N1CC(c2nc3ccccc3[nH]2)C1. The number of amides is 1. The van der Waals surface area contributed by atoms with Gasteiger partial charge in [0.1, 0.15) is 23.3 Å². The van der Waals surface area contributed by atoms with E-state index < -0.39 is 5.63 Å². The Morgan fingerprint density at radius 3 is 2.82 bits per heavy atom. The fourth-order valence-electron chi connectivity index (χ4n) is 3.99. The fraction of sp³-hybridized carbons (Fsp3) is 0.381. The summed E-state index contributed by atoms with van der Waals surface area (Å²) in [5, 5.41) is 0. The maximum Gasteiger partial charge on any atom is 0.349 e. The zero-order chi connectivity index (χ0) is 19.3. The Kier molecular flexibility index (Phi) is 4.05. The number of H-pyrrole nitrogens is 1. The zero-order valence-electron chi connectivity index (χ0n) is 15.6. The number of carbonyl (C=O) groups excluding carboxylic acids is 1. The highest BCUT2D eigenvalue weighted by Gasteiger charge is 2.36. The smallest absolute Gasteiger partial charge is 0.349 e. The average molecular weight is 379 g/mol. The van der Waals surface area contributed by atoms with Crippen molar-refractivity contribution in [2.24, 2.45) is 0 Å². The van der Waals surface area contributed by atoms with Crippen LogP contribution < -0.4 is 5.63 Å². The van der Waals surface area contributed by atoms with Crippen LogP contribution in [0.2, 0.25) is 0 Å². The van der Waals surface area contributed by atoms with Crippen LogP contribution in [0.5, 0.6) is 0 Å².